The summed E-state index contributed by atoms with van der Waals surface area (Å²) in [6, 6.07) is 4.75. The van der Waals surface area contributed by atoms with Gasteiger partial charge in [-0.2, -0.15) is 0 Å². The zero-order chi connectivity index (χ0) is 20.0. The van der Waals surface area contributed by atoms with Crippen LogP contribution in [-0.2, 0) is 0 Å². The number of imidazole rings is 1. The Morgan fingerprint density at radius 3 is 2.54 bits per heavy atom. The van der Waals surface area contributed by atoms with Gasteiger partial charge in [0.15, 0.2) is 0 Å². The Morgan fingerprint density at radius 1 is 1.14 bits per heavy atom. The number of H-pyrrole nitrogens is 2. The first-order chi connectivity index (χ1) is 13.4. The van der Waals surface area contributed by atoms with Crippen molar-refractivity contribution >= 4 is 34.4 Å². The van der Waals surface area contributed by atoms with Crippen molar-refractivity contribution in [3.05, 3.63) is 50.9 Å². The molecule has 144 valence electrons. The summed E-state index contributed by atoms with van der Waals surface area (Å²) in [5.41, 5.74) is 1.55. The van der Waals surface area contributed by atoms with Crippen molar-refractivity contribution in [3.8, 4) is 11.4 Å². The second-order valence-electron chi connectivity index (χ2n) is 6.95. The maximum atomic E-state index is 12.7. The van der Waals surface area contributed by atoms with E-state index < -0.39 is 0 Å². The molecule has 4 rings (SSSR count). The zero-order valence-electron chi connectivity index (χ0n) is 15.4. The number of carbonyl (C=O) groups excluding carboxylic acids is 2. The third-order valence-corrected chi connectivity index (χ3v) is 5.02. The Kier molecular flexibility index (Phi) is 4.52. The van der Waals surface area contributed by atoms with Gasteiger partial charge in [-0.3, -0.25) is 19.3 Å². The van der Waals surface area contributed by atoms with Crippen LogP contribution in [0.3, 0.4) is 0 Å². The molecule has 2 N–H and O–H groups in total. The van der Waals surface area contributed by atoms with E-state index in [2.05, 4.69) is 15.0 Å². The third-order valence-electron chi connectivity index (χ3n) is 4.71. The predicted molar refractivity (Wildman–Crippen MR) is 106 cm³/mol. The zero-order valence-corrected chi connectivity index (χ0v) is 16.1. The summed E-state index contributed by atoms with van der Waals surface area (Å²) in [5.74, 6) is -0.346. The lowest BCUT2D eigenvalue weighted by molar-refractivity contribution is 0.0649. The van der Waals surface area contributed by atoms with E-state index in [0.29, 0.717) is 35.1 Å². The van der Waals surface area contributed by atoms with E-state index in [0.717, 1.165) is 6.54 Å². The Bertz CT molecular complexity index is 1110. The maximum absolute atomic E-state index is 12.7. The number of aromatic nitrogens is 3. The molecule has 0 spiro atoms. The number of pyridine rings is 1. The smallest absolute Gasteiger partial charge is 0.261 e. The van der Waals surface area contributed by atoms with Gasteiger partial charge in [0.25, 0.3) is 17.4 Å². The summed E-state index contributed by atoms with van der Waals surface area (Å²) >= 11 is 6.13. The molecule has 3 aromatic rings. The standard InChI is InChI=1S/C19H18ClN5O3/c1-24(2)6-3-7-25-18(27)10-8-13-14(9-11(10)19(25)28)23-16(22-13)15-12(20)4-5-21-17(15)26/h4-5,8-9H,3,6-7H2,1-2H3,(H,21,26)(H,22,23). The lowest BCUT2D eigenvalue weighted by atomic mass is 10.1. The number of halogens is 1. The summed E-state index contributed by atoms with van der Waals surface area (Å²) in [7, 11) is 3.89. The number of amides is 2. The Labute approximate surface area is 165 Å². The van der Waals surface area contributed by atoms with Crippen molar-refractivity contribution in [2.75, 3.05) is 27.2 Å². The van der Waals surface area contributed by atoms with Crippen molar-refractivity contribution in [2.45, 2.75) is 6.42 Å². The number of hydrogen-bond donors (Lipinski definition) is 2. The molecular weight excluding hydrogens is 382 g/mol. The maximum Gasteiger partial charge on any atom is 0.261 e. The Morgan fingerprint density at radius 2 is 1.86 bits per heavy atom. The first-order valence-electron chi connectivity index (χ1n) is 8.79. The summed E-state index contributed by atoms with van der Waals surface area (Å²) in [6.45, 7) is 1.15. The number of aromatic amines is 2. The summed E-state index contributed by atoms with van der Waals surface area (Å²) in [5, 5.41) is 0.259. The van der Waals surface area contributed by atoms with Crippen LogP contribution in [-0.4, -0.2) is 63.8 Å². The van der Waals surface area contributed by atoms with E-state index in [4.69, 9.17) is 11.6 Å². The minimum absolute atomic E-state index is 0.212. The number of benzene rings is 1. The number of nitrogens with one attached hydrogen (secondary N) is 2. The van der Waals surface area contributed by atoms with Gasteiger partial charge in [-0.1, -0.05) is 11.6 Å². The largest absolute Gasteiger partial charge is 0.338 e. The number of hydrogen-bond acceptors (Lipinski definition) is 5. The molecule has 1 aliphatic rings. The molecule has 0 atom stereocenters. The molecule has 9 heteroatoms. The molecule has 0 unspecified atom stereocenters. The van der Waals surface area contributed by atoms with Crippen LogP contribution in [0, 0.1) is 0 Å². The highest BCUT2D eigenvalue weighted by Gasteiger charge is 2.36. The molecule has 0 saturated heterocycles. The molecule has 0 bridgehead atoms. The molecule has 0 fully saturated rings. The van der Waals surface area contributed by atoms with Gasteiger partial charge in [-0.15, -0.1) is 0 Å². The molecular formula is C19H18ClN5O3. The van der Waals surface area contributed by atoms with Crippen molar-refractivity contribution in [3.63, 3.8) is 0 Å². The number of imide groups is 1. The van der Waals surface area contributed by atoms with Crippen molar-refractivity contribution in [2.24, 2.45) is 0 Å². The summed E-state index contributed by atoms with van der Waals surface area (Å²) in [6.07, 6.45) is 2.15. The van der Waals surface area contributed by atoms with Crippen LogP contribution in [0.4, 0.5) is 0 Å². The number of nitrogens with zero attached hydrogens (tertiary/aromatic N) is 3. The van der Waals surface area contributed by atoms with Crippen LogP contribution in [0.1, 0.15) is 27.1 Å². The molecule has 0 aliphatic carbocycles. The van der Waals surface area contributed by atoms with E-state index in [1.165, 1.54) is 11.1 Å². The minimum atomic E-state index is -0.377. The fourth-order valence-electron chi connectivity index (χ4n) is 3.34. The van der Waals surface area contributed by atoms with E-state index in [1.807, 2.05) is 19.0 Å². The van der Waals surface area contributed by atoms with Crippen molar-refractivity contribution < 1.29 is 9.59 Å². The SMILES string of the molecule is CN(C)CCCN1C(=O)c2cc3nc(-c4c(Cl)cc[nH]c4=O)[nH]c3cc2C1=O. The molecule has 28 heavy (non-hydrogen) atoms. The molecule has 2 amide bonds. The number of rotatable bonds is 5. The molecule has 1 aromatic carbocycles. The molecule has 3 heterocycles. The van der Waals surface area contributed by atoms with Crippen LogP contribution in [0.25, 0.3) is 22.4 Å². The molecule has 1 aliphatic heterocycles. The Hall–Kier alpha value is -2.97. The monoisotopic (exact) mass is 399 g/mol. The second-order valence-corrected chi connectivity index (χ2v) is 7.36. The first kappa shape index (κ1) is 18.4. The fraction of sp³-hybridized carbons (Fsp3) is 0.263. The van der Waals surface area contributed by atoms with Gasteiger partial charge in [0.05, 0.1) is 27.2 Å². The van der Waals surface area contributed by atoms with Crippen LogP contribution < -0.4 is 5.56 Å². The van der Waals surface area contributed by atoms with Crippen LogP contribution in [0.5, 0.6) is 0 Å². The normalized spacial score (nSPS) is 13.8. The third kappa shape index (κ3) is 3.00. The average molecular weight is 400 g/mol. The van der Waals surface area contributed by atoms with Gasteiger partial charge < -0.3 is 14.9 Å². The lowest BCUT2D eigenvalue weighted by Crippen LogP contribution is -2.32. The van der Waals surface area contributed by atoms with Gasteiger partial charge in [-0.25, -0.2) is 4.98 Å². The van der Waals surface area contributed by atoms with E-state index in [9.17, 15) is 14.4 Å². The highest BCUT2D eigenvalue weighted by atomic mass is 35.5. The summed E-state index contributed by atoms with van der Waals surface area (Å²) in [4.78, 5) is 50.7. The highest BCUT2D eigenvalue weighted by molar-refractivity contribution is 6.33. The van der Waals surface area contributed by atoms with Gasteiger partial charge in [0.2, 0.25) is 0 Å². The number of fused-ring (bicyclic) bond motifs is 2. The van der Waals surface area contributed by atoms with Crippen LogP contribution >= 0.6 is 11.6 Å². The Balaban J connectivity index is 1.71. The summed E-state index contributed by atoms with van der Waals surface area (Å²) < 4.78 is 0. The molecule has 0 saturated carbocycles. The average Bonchev–Trinajstić information content (AvgIpc) is 3.14. The first-order valence-corrected chi connectivity index (χ1v) is 9.17. The quantitative estimate of drug-likeness (QED) is 0.640. The van der Waals surface area contributed by atoms with Crippen LogP contribution in [0.2, 0.25) is 5.02 Å². The van der Waals surface area contributed by atoms with Crippen molar-refractivity contribution in [1.82, 2.24) is 24.8 Å². The van der Waals surface area contributed by atoms with E-state index >= 15 is 0 Å². The minimum Gasteiger partial charge on any atom is -0.338 e. The van der Waals surface area contributed by atoms with E-state index in [-0.39, 0.29) is 33.8 Å². The molecule has 2 aromatic heterocycles. The molecule has 8 nitrogen and oxygen atoms in total. The highest BCUT2D eigenvalue weighted by Crippen LogP contribution is 2.29. The van der Waals surface area contributed by atoms with Crippen LogP contribution in [0.15, 0.2) is 29.2 Å². The van der Waals surface area contributed by atoms with Gasteiger partial charge in [0, 0.05) is 12.7 Å². The fourth-order valence-corrected chi connectivity index (χ4v) is 3.57. The molecule has 0 radical (unpaired) electrons. The topological polar surface area (TPSA) is 102 Å². The van der Waals surface area contributed by atoms with Gasteiger partial charge in [0.1, 0.15) is 11.4 Å². The lowest BCUT2D eigenvalue weighted by Gasteiger charge is -2.15. The predicted octanol–water partition coefficient (Wildman–Crippen LogP) is 2.12. The van der Waals surface area contributed by atoms with E-state index in [1.54, 1.807) is 18.2 Å². The van der Waals surface area contributed by atoms with Gasteiger partial charge in [-0.05, 0) is 45.3 Å². The van der Waals surface area contributed by atoms with Gasteiger partial charge >= 0.3 is 0 Å². The second kappa shape index (κ2) is 6.88. The number of carbonyl (C=O) groups is 2. The van der Waals surface area contributed by atoms with Crippen molar-refractivity contribution in [1.29, 1.82) is 0 Å².